The van der Waals surface area contributed by atoms with E-state index >= 15 is 0 Å². The molecular formula is C38H53N7O8. The summed E-state index contributed by atoms with van der Waals surface area (Å²) >= 11 is 0. The second-order valence-electron chi connectivity index (χ2n) is 14.0. The Hall–Kier alpha value is -5.47. The van der Waals surface area contributed by atoms with Crippen LogP contribution < -0.4 is 37.6 Å². The molecule has 8 N–H and O–H groups in total. The normalized spacial score (nSPS) is 22.1. The van der Waals surface area contributed by atoms with Crippen LogP contribution in [0.5, 0.6) is 0 Å². The highest BCUT2D eigenvalue weighted by Crippen LogP contribution is 2.12. The molecule has 3 rings (SSSR count). The minimum atomic E-state index is -1.18. The quantitative estimate of drug-likeness (QED) is 0.214. The van der Waals surface area contributed by atoms with Crippen LogP contribution in [-0.4, -0.2) is 84.4 Å². The molecule has 0 unspecified atom stereocenters. The Labute approximate surface area is 310 Å². The highest BCUT2D eigenvalue weighted by Gasteiger charge is 2.32. The van der Waals surface area contributed by atoms with Crippen molar-refractivity contribution >= 4 is 41.5 Å². The molecule has 0 aliphatic carbocycles. The van der Waals surface area contributed by atoms with Crippen molar-refractivity contribution < 1.29 is 38.3 Å². The molecule has 1 aliphatic rings. The van der Waals surface area contributed by atoms with Crippen molar-refractivity contribution in [3.63, 3.8) is 0 Å². The summed E-state index contributed by atoms with van der Waals surface area (Å²) in [6.45, 7) is 5.52. The Morgan fingerprint density at radius 3 is 1.66 bits per heavy atom. The van der Waals surface area contributed by atoms with Crippen LogP contribution in [0.15, 0.2) is 60.7 Å². The molecule has 0 bridgehead atoms. The molecule has 288 valence electrons. The van der Waals surface area contributed by atoms with Crippen molar-refractivity contribution in [2.24, 2.45) is 5.73 Å². The molecule has 0 saturated carbocycles. The number of benzene rings is 2. The molecule has 1 heterocycles. The molecule has 2 aromatic carbocycles. The minimum absolute atomic E-state index is 0.0555. The summed E-state index contributed by atoms with van der Waals surface area (Å²) in [6.07, 6.45) is 0.902. The molecule has 7 amide bonds. The van der Waals surface area contributed by atoms with Gasteiger partial charge < -0.3 is 42.4 Å². The fourth-order valence-electron chi connectivity index (χ4n) is 5.61. The van der Waals surface area contributed by atoms with Crippen molar-refractivity contribution in [1.82, 2.24) is 31.9 Å². The highest BCUT2D eigenvalue weighted by molar-refractivity contribution is 5.97. The van der Waals surface area contributed by atoms with E-state index in [0.717, 1.165) is 11.1 Å². The van der Waals surface area contributed by atoms with Gasteiger partial charge in [0.15, 0.2) is 0 Å². The van der Waals surface area contributed by atoms with Crippen LogP contribution in [0.2, 0.25) is 0 Å². The van der Waals surface area contributed by atoms with Crippen molar-refractivity contribution in [2.45, 2.75) is 108 Å². The van der Waals surface area contributed by atoms with E-state index in [1.807, 2.05) is 12.1 Å². The second-order valence-corrected chi connectivity index (χ2v) is 14.0. The van der Waals surface area contributed by atoms with Crippen molar-refractivity contribution in [2.75, 3.05) is 13.1 Å². The Bertz CT molecular complexity index is 1550. The number of hydrogen-bond acceptors (Lipinski definition) is 8. The molecule has 0 spiro atoms. The van der Waals surface area contributed by atoms with Gasteiger partial charge in [-0.05, 0) is 70.4 Å². The number of rotatable bonds is 6. The average Bonchev–Trinajstić information content (AvgIpc) is 3.09. The third kappa shape index (κ3) is 16.2. The fraction of sp³-hybridized carbons (Fsp3) is 0.500. The first-order valence-corrected chi connectivity index (χ1v) is 18.0. The zero-order valence-electron chi connectivity index (χ0n) is 30.7. The summed E-state index contributed by atoms with van der Waals surface area (Å²) in [6, 6.07) is 13.4. The first-order chi connectivity index (χ1) is 25.2. The van der Waals surface area contributed by atoms with Crippen LogP contribution in [0.1, 0.15) is 76.8 Å². The van der Waals surface area contributed by atoms with E-state index in [0.29, 0.717) is 25.7 Å². The molecule has 53 heavy (non-hydrogen) atoms. The third-order valence-corrected chi connectivity index (χ3v) is 8.30. The molecule has 1 saturated heterocycles. The van der Waals surface area contributed by atoms with Gasteiger partial charge in [0.1, 0.15) is 36.2 Å². The van der Waals surface area contributed by atoms with Gasteiger partial charge in [-0.1, -0.05) is 60.7 Å². The summed E-state index contributed by atoms with van der Waals surface area (Å²) in [5.41, 5.74) is 6.26. The number of carbonyl (C=O) groups excluding carboxylic acids is 7. The molecule has 4 atom stereocenters. The molecule has 0 aromatic heterocycles. The Kier molecular flexibility index (Phi) is 16.7. The lowest BCUT2D eigenvalue weighted by molar-refractivity contribution is -0.133. The fourth-order valence-corrected chi connectivity index (χ4v) is 5.61. The first-order valence-electron chi connectivity index (χ1n) is 18.0. The molecule has 0 radical (unpaired) electrons. The smallest absolute Gasteiger partial charge is 0.408 e. The molecular weight excluding hydrogens is 682 g/mol. The van der Waals surface area contributed by atoms with Gasteiger partial charge in [-0.2, -0.15) is 0 Å². The van der Waals surface area contributed by atoms with Crippen LogP contribution in [-0.2, 0) is 46.3 Å². The summed E-state index contributed by atoms with van der Waals surface area (Å²) in [5, 5.41) is 16.2. The minimum Gasteiger partial charge on any atom is -0.444 e. The molecule has 2 aromatic rings. The van der Waals surface area contributed by atoms with Crippen LogP contribution in [0.25, 0.3) is 0 Å². The van der Waals surface area contributed by atoms with E-state index in [4.69, 9.17) is 10.5 Å². The topological polar surface area (TPSA) is 227 Å². The van der Waals surface area contributed by atoms with Crippen molar-refractivity contribution in [1.29, 1.82) is 0 Å². The third-order valence-electron chi connectivity index (χ3n) is 8.30. The van der Waals surface area contributed by atoms with Gasteiger partial charge in [0.2, 0.25) is 35.4 Å². The predicted molar refractivity (Wildman–Crippen MR) is 197 cm³/mol. The SMILES string of the molecule is CC(C)(C)OC(=O)N[C@H]1CCCCNC(=O)CC(=O)NCCCC[C@@H](C(N)=O)NC(=O)[C@H](Cc2ccccc2)NC(=O)[C@H](Cc2ccccc2)NC1=O. The van der Waals surface area contributed by atoms with Crippen LogP contribution >= 0.6 is 0 Å². The van der Waals surface area contributed by atoms with Crippen molar-refractivity contribution in [3.8, 4) is 0 Å². The van der Waals surface area contributed by atoms with Crippen LogP contribution in [0, 0.1) is 0 Å². The van der Waals surface area contributed by atoms with E-state index in [-0.39, 0.29) is 45.2 Å². The first kappa shape index (κ1) is 41.9. The Morgan fingerprint density at radius 2 is 1.17 bits per heavy atom. The Morgan fingerprint density at radius 1 is 0.698 bits per heavy atom. The van der Waals surface area contributed by atoms with E-state index in [1.165, 1.54) is 0 Å². The van der Waals surface area contributed by atoms with Gasteiger partial charge in [-0.3, -0.25) is 28.8 Å². The lowest BCUT2D eigenvalue weighted by Gasteiger charge is -2.27. The number of ether oxygens (including phenoxy) is 1. The van der Waals surface area contributed by atoms with E-state index in [9.17, 15) is 33.6 Å². The summed E-state index contributed by atoms with van der Waals surface area (Å²) in [7, 11) is 0. The second kappa shape index (κ2) is 21.2. The number of nitrogens with one attached hydrogen (secondary N) is 6. The van der Waals surface area contributed by atoms with Crippen LogP contribution in [0.4, 0.5) is 4.79 Å². The van der Waals surface area contributed by atoms with E-state index in [1.54, 1.807) is 69.3 Å². The molecule has 15 heteroatoms. The number of hydrogen-bond donors (Lipinski definition) is 7. The Balaban J connectivity index is 1.95. The van der Waals surface area contributed by atoms with Crippen LogP contribution in [0.3, 0.4) is 0 Å². The van der Waals surface area contributed by atoms with Crippen molar-refractivity contribution in [3.05, 3.63) is 71.8 Å². The van der Waals surface area contributed by atoms with Gasteiger partial charge in [0.05, 0.1) is 0 Å². The number of amides is 7. The lowest BCUT2D eigenvalue weighted by Crippen LogP contribution is -2.59. The van der Waals surface area contributed by atoms with Gasteiger partial charge in [-0.15, -0.1) is 0 Å². The largest absolute Gasteiger partial charge is 0.444 e. The summed E-state index contributed by atoms with van der Waals surface area (Å²) in [4.78, 5) is 91.6. The number of primary amides is 1. The zero-order valence-corrected chi connectivity index (χ0v) is 30.7. The standard InChI is InChI=1S/C38H53N7O8/c1-38(2,3)53-37(52)45-28-19-11-13-21-41-32(47)24-31(46)40-20-12-10-18-27(33(39)48)42-35(50)29(22-25-14-6-4-7-15-25)44-36(51)30(43-34(28)49)23-26-16-8-5-9-17-26/h4-9,14-17,27-30H,10-13,18-24H2,1-3H3,(H2,39,48)(H,40,46)(H,41,47)(H,42,50)(H,43,49)(H,44,51)(H,45,52)/t27-,28-,29-,30-/m0/s1. The average molecular weight is 736 g/mol. The van der Waals surface area contributed by atoms with E-state index < -0.39 is 71.3 Å². The maximum atomic E-state index is 14.1. The number of alkyl carbamates (subject to hydrolysis) is 1. The summed E-state index contributed by atoms with van der Waals surface area (Å²) < 4.78 is 5.40. The zero-order chi connectivity index (χ0) is 38.8. The monoisotopic (exact) mass is 735 g/mol. The lowest BCUT2D eigenvalue weighted by atomic mass is 10.0. The molecule has 1 aliphatic heterocycles. The molecule has 15 nitrogen and oxygen atoms in total. The van der Waals surface area contributed by atoms with Gasteiger partial charge in [0, 0.05) is 25.9 Å². The van der Waals surface area contributed by atoms with Gasteiger partial charge in [0.25, 0.3) is 0 Å². The molecule has 1 fully saturated rings. The maximum absolute atomic E-state index is 14.1. The van der Waals surface area contributed by atoms with E-state index in [2.05, 4.69) is 31.9 Å². The summed E-state index contributed by atoms with van der Waals surface area (Å²) in [5.74, 6) is -3.70. The number of nitrogens with two attached hydrogens (primary N) is 1. The predicted octanol–water partition coefficient (Wildman–Crippen LogP) is 1.28. The maximum Gasteiger partial charge on any atom is 0.408 e. The van der Waals surface area contributed by atoms with Gasteiger partial charge >= 0.3 is 6.09 Å². The number of carbonyl (C=O) groups is 7. The van der Waals surface area contributed by atoms with Gasteiger partial charge in [-0.25, -0.2) is 4.79 Å². The highest BCUT2D eigenvalue weighted by atomic mass is 16.6.